The van der Waals surface area contributed by atoms with E-state index in [2.05, 4.69) is 5.32 Å². The number of hydrogen-bond acceptors (Lipinski definition) is 2. The van der Waals surface area contributed by atoms with Crippen LogP contribution in [0.15, 0.2) is 12.1 Å². The van der Waals surface area contributed by atoms with E-state index in [4.69, 9.17) is 5.11 Å². The van der Waals surface area contributed by atoms with E-state index in [1.54, 1.807) is 6.92 Å². The Morgan fingerprint density at radius 2 is 1.81 bits per heavy atom. The van der Waals surface area contributed by atoms with Gasteiger partial charge in [-0.15, -0.1) is 0 Å². The fourth-order valence-electron chi connectivity index (χ4n) is 1.87. The highest BCUT2D eigenvalue weighted by atomic mass is 16.3. The molecule has 2 N–H and O–H groups in total. The molecule has 3 nitrogen and oxygen atoms in total. The quantitative estimate of drug-likeness (QED) is 0.816. The van der Waals surface area contributed by atoms with Crippen LogP contribution in [0.3, 0.4) is 0 Å². The first-order valence-corrected chi connectivity index (χ1v) is 5.46. The molecule has 1 aromatic carbocycles. The third-order valence-corrected chi connectivity index (χ3v) is 2.46. The van der Waals surface area contributed by atoms with Crippen molar-refractivity contribution in [2.45, 2.75) is 33.8 Å². The van der Waals surface area contributed by atoms with Crippen LogP contribution in [-0.2, 0) is 0 Å². The number of aliphatic hydroxyl groups is 1. The standard InChI is InChI=1S/C13H19NO2/c1-8-5-9(2)12(10(3)6-8)13(16)14-7-11(4)15/h5-6,11,15H,7H2,1-4H3,(H,14,16)/t11-/m1/s1. The Labute approximate surface area is 96.5 Å². The zero-order valence-electron chi connectivity index (χ0n) is 10.3. The summed E-state index contributed by atoms with van der Waals surface area (Å²) < 4.78 is 0. The maximum absolute atomic E-state index is 11.9. The molecular formula is C13H19NO2. The van der Waals surface area contributed by atoms with Gasteiger partial charge in [0, 0.05) is 12.1 Å². The van der Waals surface area contributed by atoms with Crippen LogP contribution >= 0.6 is 0 Å². The van der Waals surface area contributed by atoms with E-state index in [0.29, 0.717) is 5.56 Å². The summed E-state index contributed by atoms with van der Waals surface area (Å²) in [6.45, 7) is 7.80. The van der Waals surface area contributed by atoms with Crippen molar-refractivity contribution in [2.75, 3.05) is 6.54 Å². The Balaban J connectivity index is 2.91. The maximum atomic E-state index is 11.9. The van der Waals surface area contributed by atoms with Gasteiger partial charge in [-0.05, 0) is 38.8 Å². The zero-order valence-corrected chi connectivity index (χ0v) is 10.3. The number of rotatable bonds is 3. The van der Waals surface area contributed by atoms with E-state index in [-0.39, 0.29) is 12.5 Å². The molecule has 1 aromatic rings. The topological polar surface area (TPSA) is 49.3 Å². The lowest BCUT2D eigenvalue weighted by molar-refractivity contribution is 0.0923. The van der Waals surface area contributed by atoms with Crippen molar-refractivity contribution in [3.05, 3.63) is 34.4 Å². The summed E-state index contributed by atoms with van der Waals surface area (Å²) >= 11 is 0. The molecule has 3 heteroatoms. The Morgan fingerprint density at radius 1 is 1.31 bits per heavy atom. The van der Waals surface area contributed by atoms with Crippen molar-refractivity contribution < 1.29 is 9.90 Å². The fraction of sp³-hybridized carbons (Fsp3) is 0.462. The smallest absolute Gasteiger partial charge is 0.251 e. The van der Waals surface area contributed by atoms with Crippen molar-refractivity contribution in [3.63, 3.8) is 0 Å². The second-order valence-corrected chi connectivity index (χ2v) is 4.33. The highest BCUT2D eigenvalue weighted by Crippen LogP contribution is 2.16. The molecule has 0 fully saturated rings. The Kier molecular flexibility index (Phi) is 4.07. The van der Waals surface area contributed by atoms with Crippen LogP contribution in [0.2, 0.25) is 0 Å². The summed E-state index contributed by atoms with van der Waals surface area (Å²) in [6.07, 6.45) is -0.519. The summed E-state index contributed by atoms with van der Waals surface area (Å²) in [5.74, 6) is -0.115. The van der Waals surface area contributed by atoms with Gasteiger partial charge in [-0.25, -0.2) is 0 Å². The third-order valence-electron chi connectivity index (χ3n) is 2.46. The molecule has 1 atom stereocenters. The summed E-state index contributed by atoms with van der Waals surface area (Å²) in [6, 6.07) is 3.98. The number of benzene rings is 1. The molecule has 0 aromatic heterocycles. The minimum Gasteiger partial charge on any atom is -0.392 e. The molecular weight excluding hydrogens is 202 g/mol. The fourth-order valence-corrected chi connectivity index (χ4v) is 1.87. The Morgan fingerprint density at radius 3 is 2.25 bits per heavy atom. The second-order valence-electron chi connectivity index (χ2n) is 4.33. The van der Waals surface area contributed by atoms with Crippen molar-refractivity contribution in [1.82, 2.24) is 5.32 Å². The average molecular weight is 221 g/mol. The zero-order chi connectivity index (χ0) is 12.3. The van der Waals surface area contributed by atoms with Gasteiger partial charge in [-0.1, -0.05) is 17.7 Å². The summed E-state index contributed by atoms with van der Waals surface area (Å²) in [7, 11) is 0. The van der Waals surface area contributed by atoms with Gasteiger partial charge in [0.2, 0.25) is 0 Å². The highest BCUT2D eigenvalue weighted by Gasteiger charge is 2.12. The number of nitrogens with one attached hydrogen (secondary N) is 1. The predicted molar refractivity (Wildman–Crippen MR) is 64.7 cm³/mol. The minimum absolute atomic E-state index is 0.115. The van der Waals surface area contributed by atoms with Gasteiger partial charge >= 0.3 is 0 Å². The summed E-state index contributed by atoms with van der Waals surface area (Å²) in [4.78, 5) is 11.9. The molecule has 88 valence electrons. The number of carbonyl (C=O) groups excluding carboxylic acids is 1. The molecule has 1 amide bonds. The summed E-state index contributed by atoms with van der Waals surface area (Å²) in [5, 5.41) is 11.8. The van der Waals surface area contributed by atoms with Crippen LogP contribution in [0.1, 0.15) is 34.0 Å². The van der Waals surface area contributed by atoms with Gasteiger partial charge in [0.15, 0.2) is 0 Å². The van der Waals surface area contributed by atoms with Gasteiger partial charge in [0.05, 0.1) is 6.10 Å². The molecule has 0 radical (unpaired) electrons. The third kappa shape index (κ3) is 3.07. The van der Waals surface area contributed by atoms with Gasteiger partial charge < -0.3 is 10.4 Å². The number of aliphatic hydroxyl groups excluding tert-OH is 1. The monoisotopic (exact) mass is 221 g/mol. The first-order chi connectivity index (χ1) is 7.41. The number of carbonyl (C=O) groups is 1. The molecule has 0 aliphatic carbocycles. The van der Waals surface area contributed by atoms with Crippen molar-refractivity contribution >= 4 is 5.91 Å². The Bertz CT molecular complexity index is 374. The van der Waals surface area contributed by atoms with E-state index in [9.17, 15) is 4.79 Å². The molecule has 0 bridgehead atoms. The lowest BCUT2D eigenvalue weighted by atomic mass is 9.99. The van der Waals surface area contributed by atoms with Crippen LogP contribution in [0.5, 0.6) is 0 Å². The lowest BCUT2D eigenvalue weighted by Gasteiger charge is -2.12. The molecule has 0 aliphatic rings. The van der Waals surface area contributed by atoms with E-state index >= 15 is 0 Å². The predicted octanol–water partition coefficient (Wildman–Crippen LogP) is 1.72. The molecule has 0 saturated carbocycles. The molecule has 0 saturated heterocycles. The molecule has 0 aliphatic heterocycles. The molecule has 1 rings (SSSR count). The van der Waals surface area contributed by atoms with Gasteiger partial charge in [-0.2, -0.15) is 0 Å². The van der Waals surface area contributed by atoms with Crippen molar-refractivity contribution in [1.29, 1.82) is 0 Å². The van der Waals surface area contributed by atoms with E-state index in [1.807, 2.05) is 32.9 Å². The van der Waals surface area contributed by atoms with E-state index in [0.717, 1.165) is 16.7 Å². The lowest BCUT2D eigenvalue weighted by Crippen LogP contribution is -2.31. The normalized spacial score (nSPS) is 12.3. The minimum atomic E-state index is -0.519. The van der Waals surface area contributed by atoms with Gasteiger partial charge in [0.1, 0.15) is 0 Å². The number of amides is 1. The summed E-state index contributed by atoms with van der Waals surface area (Å²) in [5.41, 5.74) is 3.81. The molecule has 16 heavy (non-hydrogen) atoms. The van der Waals surface area contributed by atoms with Crippen LogP contribution in [-0.4, -0.2) is 23.7 Å². The van der Waals surface area contributed by atoms with Crippen LogP contribution < -0.4 is 5.32 Å². The largest absolute Gasteiger partial charge is 0.392 e. The highest BCUT2D eigenvalue weighted by molar-refractivity contribution is 5.97. The van der Waals surface area contributed by atoms with E-state index < -0.39 is 6.10 Å². The van der Waals surface area contributed by atoms with Crippen LogP contribution in [0.4, 0.5) is 0 Å². The van der Waals surface area contributed by atoms with Gasteiger partial charge in [-0.3, -0.25) is 4.79 Å². The van der Waals surface area contributed by atoms with Crippen LogP contribution in [0, 0.1) is 20.8 Å². The average Bonchev–Trinajstić information content (AvgIpc) is 2.12. The first-order valence-electron chi connectivity index (χ1n) is 5.46. The maximum Gasteiger partial charge on any atom is 0.251 e. The van der Waals surface area contributed by atoms with Crippen LogP contribution in [0.25, 0.3) is 0 Å². The second kappa shape index (κ2) is 5.12. The first kappa shape index (κ1) is 12.7. The van der Waals surface area contributed by atoms with Gasteiger partial charge in [0.25, 0.3) is 5.91 Å². The number of aryl methyl sites for hydroxylation is 3. The van der Waals surface area contributed by atoms with E-state index in [1.165, 1.54) is 0 Å². The SMILES string of the molecule is Cc1cc(C)c(C(=O)NC[C@@H](C)O)c(C)c1. The Hall–Kier alpha value is -1.35. The molecule has 0 heterocycles. The van der Waals surface area contributed by atoms with Crippen molar-refractivity contribution in [3.8, 4) is 0 Å². The molecule has 0 unspecified atom stereocenters. The van der Waals surface area contributed by atoms with Crippen molar-refractivity contribution in [2.24, 2.45) is 0 Å². The number of hydrogen-bond donors (Lipinski definition) is 2. The molecule has 0 spiro atoms.